The van der Waals surface area contributed by atoms with Gasteiger partial charge in [-0.25, -0.2) is 9.97 Å². The normalized spacial score (nSPS) is 12.3. The number of H-pyrrole nitrogens is 2. The third kappa shape index (κ3) is 7.25. The first-order valence-corrected chi connectivity index (χ1v) is 32.5. The first-order chi connectivity index (χ1) is 48.9. The predicted octanol–water partition coefficient (Wildman–Crippen LogP) is 22.8. The number of nitro groups is 4. The molecule has 100 heavy (non-hydrogen) atoms. The SMILES string of the molecule is O=[N+]([O-])c1ccc(-c2c3nc(c(-c4ccc([N+](=O)[O-])cc4)c4[nH]c(c(-c5ccc([N+](=O)[O-])cc5)c5nc(c(-c6ccc([N+](=O)[O-])cc6)c6[nH]c2c2c7cccc8cccc(c87)c62)c2c6cccc7cccc(c76)c52)c2c5cccc6cccc(c65)c42)c2c4cccc5cccc(c54)c32)cc1. The van der Waals surface area contributed by atoms with Crippen LogP contribution in [0.3, 0.4) is 0 Å². The minimum atomic E-state index is -0.412. The van der Waals surface area contributed by atoms with Crippen molar-refractivity contribution < 1.29 is 19.7 Å². The molecule has 0 aliphatic rings. The lowest BCUT2D eigenvalue weighted by molar-refractivity contribution is -0.385. The molecule has 0 unspecified atom stereocenters. The molecule has 0 saturated carbocycles. The number of nitrogens with zero attached hydrogens (tertiary/aromatic N) is 6. The van der Waals surface area contributed by atoms with Crippen molar-refractivity contribution in [2.45, 2.75) is 0 Å². The number of hydrogen-bond acceptors (Lipinski definition) is 10. The Balaban J connectivity index is 1.16. The fraction of sp³-hybridized carbons (Fsp3) is 0. The third-order valence-corrected chi connectivity index (χ3v) is 21.1. The third-order valence-electron chi connectivity index (χ3n) is 21.1. The topological polar surface area (TPSA) is 230 Å². The van der Waals surface area contributed by atoms with E-state index in [9.17, 15) is 40.5 Å². The lowest BCUT2D eigenvalue weighted by Gasteiger charge is -2.08. The second-order valence-corrected chi connectivity index (χ2v) is 25.9. The molecule has 2 N–H and O–H groups in total. The van der Waals surface area contributed by atoms with E-state index in [0.29, 0.717) is 88.6 Å². The molecule has 0 aliphatic carbocycles. The van der Waals surface area contributed by atoms with Crippen LogP contribution in [0.2, 0.25) is 0 Å². The fourth-order valence-electron chi connectivity index (χ4n) is 17.1. The summed E-state index contributed by atoms with van der Waals surface area (Å²) in [4.78, 5) is 70.3. The second kappa shape index (κ2) is 19.8. The molecule has 0 radical (unpaired) electrons. The largest absolute Gasteiger partial charge is 0.353 e. The molecule has 0 fully saturated rings. The van der Waals surface area contributed by atoms with Crippen LogP contribution in [-0.2, 0) is 0 Å². The monoisotopic (exact) mass is 1290 g/mol. The van der Waals surface area contributed by atoms with Crippen LogP contribution in [0.4, 0.5) is 22.7 Å². The van der Waals surface area contributed by atoms with Crippen LogP contribution in [-0.4, -0.2) is 39.6 Å². The number of hydrogen-bond donors (Lipinski definition) is 2. The van der Waals surface area contributed by atoms with Gasteiger partial charge in [-0.15, -0.1) is 0 Å². The van der Waals surface area contributed by atoms with Crippen molar-refractivity contribution in [3.05, 3.63) is 283 Å². The quantitative estimate of drug-likeness (QED) is 0.108. The Bertz CT molecular complexity index is 6200. The highest BCUT2D eigenvalue weighted by molar-refractivity contribution is 6.47. The van der Waals surface area contributed by atoms with E-state index < -0.39 is 19.7 Å². The number of aromatic amines is 2. The zero-order valence-electron chi connectivity index (χ0n) is 52.0. The van der Waals surface area contributed by atoms with E-state index in [1.807, 2.05) is 48.5 Å². The Morgan fingerprint density at radius 2 is 0.400 bits per heavy atom. The zero-order valence-corrected chi connectivity index (χ0v) is 52.0. The average molecular weight is 1290 g/mol. The molecule has 466 valence electrons. The van der Waals surface area contributed by atoms with Gasteiger partial charge in [0, 0.05) is 114 Å². The van der Waals surface area contributed by atoms with Crippen LogP contribution in [0.25, 0.3) is 218 Å². The first-order valence-electron chi connectivity index (χ1n) is 32.5. The predicted molar refractivity (Wildman–Crippen MR) is 402 cm³/mol. The van der Waals surface area contributed by atoms with Crippen LogP contribution in [0, 0.1) is 40.5 Å². The molecule has 0 amide bonds. The van der Waals surface area contributed by atoms with Gasteiger partial charge in [0.25, 0.3) is 22.7 Å². The summed E-state index contributed by atoms with van der Waals surface area (Å²) in [6, 6.07) is 76.3. The van der Waals surface area contributed by atoms with Crippen molar-refractivity contribution >= 4 is 196 Å². The molecule has 16 nitrogen and oxygen atoms in total. The van der Waals surface area contributed by atoms with Crippen molar-refractivity contribution in [3.8, 4) is 44.5 Å². The molecule has 17 aromatic carbocycles. The molecular formula is C84H42N8O8. The van der Waals surface area contributed by atoms with Gasteiger partial charge in [-0.1, -0.05) is 146 Å². The highest BCUT2D eigenvalue weighted by atomic mass is 16.6. The lowest BCUT2D eigenvalue weighted by Crippen LogP contribution is -1.90. The summed E-state index contributed by atoms with van der Waals surface area (Å²) in [6.45, 7) is 0. The smallest absolute Gasteiger partial charge is 0.269 e. The van der Waals surface area contributed by atoms with E-state index in [1.165, 1.54) is 48.5 Å². The van der Waals surface area contributed by atoms with Gasteiger partial charge in [-0.2, -0.15) is 0 Å². The molecule has 21 aromatic rings. The van der Waals surface area contributed by atoms with Gasteiger partial charge in [0.15, 0.2) is 0 Å². The Hall–Kier alpha value is -14.1. The zero-order chi connectivity index (χ0) is 66.8. The molecule has 0 spiro atoms. The van der Waals surface area contributed by atoms with E-state index in [4.69, 9.17) is 9.97 Å². The van der Waals surface area contributed by atoms with Crippen molar-refractivity contribution in [2.75, 3.05) is 0 Å². The van der Waals surface area contributed by atoms with E-state index in [-0.39, 0.29) is 22.7 Å². The number of nitro benzene ring substituents is 4. The molecule has 16 heteroatoms. The molecule has 21 rings (SSSR count). The Labute approximate surface area is 560 Å². The summed E-state index contributed by atoms with van der Waals surface area (Å²) in [5, 5.41) is 72.7. The number of nitrogens with one attached hydrogen (secondary N) is 2. The first kappa shape index (κ1) is 55.2. The maximum atomic E-state index is 12.8. The Morgan fingerprint density at radius 3 is 0.580 bits per heavy atom. The highest BCUT2D eigenvalue weighted by Crippen LogP contribution is 2.56. The van der Waals surface area contributed by atoms with Crippen LogP contribution in [0.1, 0.15) is 0 Å². The summed E-state index contributed by atoms with van der Waals surface area (Å²) < 4.78 is 0. The van der Waals surface area contributed by atoms with Gasteiger partial charge in [0.1, 0.15) is 0 Å². The van der Waals surface area contributed by atoms with E-state index >= 15 is 0 Å². The molecule has 8 bridgehead atoms. The van der Waals surface area contributed by atoms with Crippen molar-refractivity contribution in [1.29, 1.82) is 0 Å². The molecular weight excluding hydrogens is 1250 g/mol. The van der Waals surface area contributed by atoms with Gasteiger partial charge < -0.3 is 9.97 Å². The summed E-state index contributed by atoms with van der Waals surface area (Å²) >= 11 is 0. The Kier molecular flexibility index (Phi) is 10.9. The highest BCUT2D eigenvalue weighted by Gasteiger charge is 2.32. The summed E-state index contributed by atoms with van der Waals surface area (Å²) in [6.07, 6.45) is 0. The van der Waals surface area contributed by atoms with Crippen LogP contribution < -0.4 is 0 Å². The number of non-ortho nitro benzene ring substituents is 4. The van der Waals surface area contributed by atoms with E-state index in [1.54, 1.807) is 48.5 Å². The van der Waals surface area contributed by atoms with Gasteiger partial charge in [0.2, 0.25) is 0 Å². The second-order valence-electron chi connectivity index (χ2n) is 25.9. The molecule has 0 saturated heterocycles. The van der Waals surface area contributed by atoms with Gasteiger partial charge in [0.05, 0.1) is 63.8 Å². The summed E-state index contributed by atoms with van der Waals surface area (Å²) in [5.41, 5.74) is 8.97. The molecule has 4 heterocycles. The van der Waals surface area contributed by atoms with E-state index in [2.05, 4.69) is 107 Å². The molecule has 0 atom stereocenters. The van der Waals surface area contributed by atoms with Crippen molar-refractivity contribution in [1.82, 2.24) is 19.9 Å². The number of rotatable bonds is 8. The van der Waals surface area contributed by atoms with Crippen LogP contribution >= 0.6 is 0 Å². The van der Waals surface area contributed by atoms with Gasteiger partial charge in [-0.3, -0.25) is 40.5 Å². The van der Waals surface area contributed by atoms with Gasteiger partial charge >= 0.3 is 0 Å². The van der Waals surface area contributed by atoms with Crippen molar-refractivity contribution in [3.63, 3.8) is 0 Å². The Morgan fingerprint density at radius 1 is 0.220 bits per heavy atom. The minimum Gasteiger partial charge on any atom is -0.353 e. The fourth-order valence-corrected chi connectivity index (χ4v) is 17.1. The van der Waals surface area contributed by atoms with Gasteiger partial charge in [-0.05, 0) is 157 Å². The minimum absolute atomic E-state index is 0.117. The average Bonchev–Trinajstić information content (AvgIpc) is 1.50. The number of aromatic nitrogens is 4. The van der Waals surface area contributed by atoms with Crippen LogP contribution in [0.15, 0.2) is 243 Å². The maximum Gasteiger partial charge on any atom is 0.269 e. The summed E-state index contributed by atoms with van der Waals surface area (Å²) in [7, 11) is 0. The van der Waals surface area contributed by atoms with E-state index in [0.717, 1.165) is 129 Å². The standard InChI is InChI=1S/C84H42N8O8/c93-89(94)49-33-25-45(26-34-49)65-77-69-53-17-1-9-41-10-2-18-54(61(41)53)70(69)78(85-77)66(46-27-35-50(36-28-46)90(95)96)80-73-57-21-5-13-43-14-6-22-58(63(43)57)74(73)82(87-80)68(48-31-39-52(40-32-48)92(99)100)84-76-60-24-8-16-44-15-7-23-59(64(44)60)75(76)83(88-84)67(47-29-37-51(38-30-47)91(97)98)81-72-56-20-4-12-42-11-3-19-55(62(42)56)71(72)79(65)86-81/h1-40,85,88H. The lowest BCUT2D eigenvalue weighted by atomic mass is 9.99. The molecule has 4 aromatic heterocycles. The number of benzene rings is 12. The van der Waals surface area contributed by atoms with Crippen molar-refractivity contribution in [2.24, 2.45) is 0 Å². The maximum absolute atomic E-state index is 12.8. The van der Waals surface area contributed by atoms with Crippen LogP contribution in [0.5, 0.6) is 0 Å². The molecule has 0 aliphatic heterocycles. The summed E-state index contributed by atoms with van der Waals surface area (Å²) in [5.74, 6) is 0.